The van der Waals surface area contributed by atoms with E-state index in [0.717, 1.165) is 17.9 Å². The number of nitrogens with two attached hydrogens (primary N) is 1. The monoisotopic (exact) mass is 252 g/mol. The van der Waals surface area contributed by atoms with Crippen molar-refractivity contribution in [2.45, 2.75) is 31.2 Å². The number of hydrogen-bond donors (Lipinski definition) is 2. The number of benzene rings is 1. The number of rotatable bonds is 4. The normalized spacial score (nSPS) is 18.5. The van der Waals surface area contributed by atoms with Crippen molar-refractivity contribution in [2.24, 2.45) is 5.73 Å². The predicted octanol–water partition coefficient (Wildman–Crippen LogP) is 1.84. The predicted molar refractivity (Wildman–Crippen MR) is 69.0 cm³/mol. The van der Waals surface area contributed by atoms with E-state index >= 15 is 0 Å². The summed E-state index contributed by atoms with van der Waals surface area (Å²) in [5.74, 6) is -0.0988. The lowest BCUT2D eigenvalue weighted by atomic mass is 9.96. The fourth-order valence-corrected chi connectivity index (χ4v) is 2.14. The molecule has 0 spiro atoms. The van der Waals surface area contributed by atoms with Crippen LogP contribution in [0.1, 0.15) is 25.3 Å². The lowest BCUT2D eigenvalue weighted by Gasteiger charge is -2.17. The molecule has 1 aliphatic carbocycles. The van der Waals surface area contributed by atoms with E-state index in [-0.39, 0.29) is 11.3 Å². The van der Waals surface area contributed by atoms with Gasteiger partial charge in [-0.05, 0) is 37.5 Å². The Morgan fingerprint density at radius 3 is 2.82 bits per heavy atom. The van der Waals surface area contributed by atoms with Crippen LogP contribution in [0.4, 0.5) is 0 Å². The Balaban J connectivity index is 2.03. The highest BCUT2D eigenvalue weighted by Gasteiger charge is 2.44. The second kappa shape index (κ2) is 4.67. The van der Waals surface area contributed by atoms with Crippen LogP contribution in [0.2, 0.25) is 5.02 Å². The van der Waals surface area contributed by atoms with E-state index in [4.69, 9.17) is 17.3 Å². The minimum atomic E-state index is -0.454. The second-order valence-electron chi connectivity index (χ2n) is 4.80. The van der Waals surface area contributed by atoms with E-state index in [1.165, 1.54) is 5.56 Å². The van der Waals surface area contributed by atoms with Gasteiger partial charge in [0.2, 0.25) is 5.91 Å². The molecule has 3 N–H and O–H groups in total. The van der Waals surface area contributed by atoms with Gasteiger partial charge in [-0.2, -0.15) is 0 Å². The van der Waals surface area contributed by atoms with E-state index in [1.54, 1.807) is 6.92 Å². The molecule has 0 saturated heterocycles. The second-order valence-corrected chi connectivity index (χ2v) is 5.23. The molecular formula is C13H17ClN2O. The van der Waals surface area contributed by atoms with E-state index in [1.807, 2.05) is 18.2 Å². The van der Waals surface area contributed by atoms with Gasteiger partial charge in [0.05, 0.1) is 6.04 Å². The van der Waals surface area contributed by atoms with E-state index in [0.29, 0.717) is 6.54 Å². The highest BCUT2D eigenvalue weighted by Crippen LogP contribution is 2.48. The van der Waals surface area contributed by atoms with Gasteiger partial charge < -0.3 is 11.1 Å². The van der Waals surface area contributed by atoms with Gasteiger partial charge in [-0.1, -0.05) is 23.7 Å². The molecule has 0 radical (unpaired) electrons. The molecule has 17 heavy (non-hydrogen) atoms. The van der Waals surface area contributed by atoms with Gasteiger partial charge in [0.25, 0.3) is 0 Å². The van der Waals surface area contributed by atoms with Crippen molar-refractivity contribution in [3.8, 4) is 0 Å². The quantitative estimate of drug-likeness (QED) is 0.859. The maximum Gasteiger partial charge on any atom is 0.236 e. The Labute approximate surface area is 106 Å². The van der Waals surface area contributed by atoms with E-state index in [9.17, 15) is 4.79 Å². The van der Waals surface area contributed by atoms with Crippen LogP contribution >= 0.6 is 11.6 Å². The van der Waals surface area contributed by atoms with Crippen molar-refractivity contribution in [2.75, 3.05) is 6.54 Å². The summed E-state index contributed by atoms with van der Waals surface area (Å²) in [4.78, 5) is 11.5. The summed E-state index contributed by atoms with van der Waals surface area (Å²) in [6.07, 6.45) is 2.18. The van der Waals surface area contributed by atoms with Crippen LogP contribution in [0.5, 0.6) is 0 Å². The van der Waals surface area contributed by atoms with Gasteiger partial charge in [-0.25, -0.2) is 0 Å². The molecule has 92 valence electrons. The first-order valence-corrected chi connectivity index (χ1v) is 6.21. The Kier molecular flexibility index (Phi) is 3.40. The van der Waals surface area contributed by atoms with Crippen molar-refractivity contribution in [3.63, 3.8) is 0 Å². The van der Waals surface area contributed by atoms with Crippen LogP contribution in [0.3, 0.4) is 0 Å². The maximum atomic E-state index is 11.5. The minimum Gasteiger partial charge on any atom is -0.354 e. The van der Waals surface area contributed by atoms with Gasteiger partial charge in [-0.3, -0.25) is 4.79 Å². The van der Waals surface area contributed by atoms with Gasteiger partial charge in [-0.15, -0.1) is 0 Å². The Morgan fingerprint density at radius 1 is 1.59 bits per heavy atom. The molecule has 0 aliphatic heterocycles. The number of amides is 1. The van der Waals surface area contributed by atoms with Gasteiger partial charge in [0.1, 0.15) is 0 Å². The summed E-state index contributed by atoms with van der Waals surface area (Å²) in [6.45, 7) is 2.34. The topological polar surface area (TPSA) is 55.1 Å². The molecule has 2 rings (SSSR count). The molecule has 3 nitrogen and oxygen atoms in total. The Hall–Kier alpha value is -1.06. The summed E-state index contributed by atoms with van der Waals surface area (Å²) < 4.78 is 0. The largest absolute Gasteiger partial charge is 0.354 e. The first kappa shape index (κ1) is 12.4. The number of nitrogens with one attached hydrogen (secondary N) is 1. The first-order chi connectivity index (χ1) is 8.03. The zero-order chi connectivity index (χ0) is 12.5. The number of hydrogen-bond acceptors (Lipinski definition) is 2. The summed E-state index contributed by atoms with van der Waals surface area (Å²) >= 11 is 5.98. The third kappa shape index (κ3) is 2.79. The van der Waals surface area contributed by atoms with Gasteiger partial charge >= 0.3 is 0 Å². The van der Waals surface area contributed by atoms with Crippen LogP contribution in [-0.2, 0) is 10.2 Å². The molecule has 1 atom stereocenters. The van der Waals surface area contributed by atoms with Crippen LogP contribution < -0.4 is 11.1 Å². The van der Waals surface area contributed by atoms with Crippen LogP contribution in [-0.4, -0.2) is 18.5 Å². The molecular weight excluding hydrogens is 236 g/mol. The van der Waals surface area contributed by atoms with Gasteiger partial charge in [0, 0.05) is 17.0 Å². The zero-order valence-corrected chi connectivity index (χ0v) is 10.6. The average molecular weight is 253 g/mol. The van der Waals surface area contributed by atoms with Crippen molar-refractivity contribution < 1.29 is 4.79 Å². The van der Waals surface area contributed by atoms with E-state index in [2.05, 4.69) is 11.4 Å². The maximum absolute atomic E-state index is 11.5. The molecule has 1 saturated carbocycles. The summed E-state index contributed by atoms with van der Waals surface area (Å²) in [7, 11) is 0. The lowest BCUT2D eigenvalue weighted by molar-refractivity contribution is -0.122. The lowest BCUT2D eigenvalue weighted by Crippen LogP contribution is -2.41. The molecule has 0 bridgehead atoms. The average Bonchev–Trinajstić information content (AvgIpc) is 3.07. The smallest absolute Gasteiger partial charge is 0.236 e. The van der Waals surface area contributed by atoms with Crippen LogP contribution in [0, 0.1) is 0 Å². The Bertz CT molecular complexity index is 427. The molecule has 1 amide bonds. The number of carbonyl (C=O) groups excluding carboxylic acids is 1. The molecule has 1 fully saturated rings. The third-order valence-corrected chi connectivity index (χ3v) is 3.54. The standard InChI is InChI=1S/C13H17ClN2O/c1-9(15)12(17)16-8-13(5-6-13)10-3-2-4-11(14)7-10/h2-4,7,9H,5-6,8,15H2,1H3,(H,16,17)/t9-/m1/s1. The van der Waals surface area contributed by atoms with Crippen molar-refractivity contribution >= 4 is 17.5 Å². The summed E-state index contributed by atoms with van der Waals surface area (Å²) in [5.41, 5.74) is 6.80. The molecule has 0 unspecified atom stereocenters. The van der Waals surface area contributed by atoms with Crippen LogP contribution in [0.25, 0.3) is 0 Å². The molecule has 1 aromatic carbocycles. The van der Waals surface area contributed by atoms with Gasteiger partial charge in [0.15, 0.2) is 0 Å². The Morgan fingerprint density at radius 2 is 2.29 bits per heavy atom. The van der Waals surface area contributed by atoms with Crippen molar-refractivity contribution in [1.82, 2.24) is 5.32 Å². The summed E-state index contributed by atoms with van der Waals surface area (Å²) in [5, 5.41) is 3.64. The zero-order valence-electron chi connectivity index (χ0n) is 9.87. The highest BCUT2D eigenvalue weighted by molar-refractivity contribution is 6.30. The molecule has 1 aromatic rings. The minimum absolute atomic E-state index is 0.0788. The molecule has 4 heteroatoms. The summed E-state index contributed by atoms with van der Waals surface area (Å²) in [6, 6.07) is 7.40. The van der Waals surface area contributed by atoms with Crippen molar-refractivity contribution in [3.05, 3.63) is 34.9 Å². The molecule has 1 aliphatic rings. The fourth-order valence-electron chi connectivity index (χ4n) is 1.95. The number of carbonyl (C=O) groups is 1. The molecule has 0 aromatic heterocycles. The highest BCUT2D eigenvalue weighted by atomic mass is 35.5. The van der Waals surface area contributed by atoms with Crippen LogP contribution in [0.15, 0.2) is 24.3 Å². The van der Waals surface area contributed by atoms with E-state index < -0.39 is 6.04 Å². The van der Waals surface area contributed by atoms with Crippen molar-refractivity contribution in [1.29, 1.82) is 0 Å². The molecule has 0 heterocycles. The SMILES string of the molecule is C[C@@H](N)C(=O)NCC1(c2cccc(Cl)c2)CC1. The number of halogens is 1. The third-order valence-electron chi connectivity index (χ3n) is 3.31. The first-order valence-electron chi connectivity index (χ1n) is 5.83. The fraction of sp³-hybridized carbons (Fsp3) is 0.462.